The van der Waals surface area contributed by atoms with E-state index >= 15 is 0 Å². The average Bonchev–Trinajstić information content (AvgIpc) is 2.70. The molecule has 1 amide bonds. The van der Waals surface area contributed by atoms with Gasteiger partial charge in [0.25, 0.3) is 5.91 Å². The van der Waals surface area contributed by atoms with Gasteiger partial charge >= 0.3 is 5.97 Å². The minimum atomic E-state index is -0.496. The lowest BCUT2D eigenvalue weighted by Gasteiger charge is -2.11. The molecule has 2 N–H and O–H groups in total. The van der Waals surface area contributed by atoms with Gasteiger partial charge in [-0.2, -0.15) is 0 Å². The highest BCUT2D eigenvalue weighted by molar-refractivity contribution is 6.30. The lowest BCUT2D eigenvalue weighted by molar-refractivity contribution is 0.0527. The number of aromatic nitrogens is 1. The van der Waals surface area contributed by atoms with Crippen LogP contribution < -0.4 is 10.6 Å². The number of rotatable bonds is 6. The van der Waals surface area contributed by atoms with Gasteiger partial charge in [0.15, 0.2) is 0 Å². The third-order valence-corrected chi connectivity index (χ3v) is 4.05. The molecule has 0 fully saturated rings. The van der Waals surface area contributed by atoms with E-state index in [9.17, 15) is 9.59 Å². The number of hydrogen-bond donors (Lipinski definition) is 2. The lowest BCUT2D eigenvalue weighted by Crippen LogP contribution is -2.17. The second-order valence-corrected chi connectivity index (χ2v) is 6.22. The average molecular weight is 396 g/mol. The van der Waals surface area contributed by atoms with E-state index in [0.717, 1.165) is 5.69 Å². The first-order valence-electron chi connectivity index (χ1n) is 8.63. The number of carbonyl (C=O) groups excluding carboxylic acids is 2. The molecule has 142 valence electrons. The second-order valence-electron chi connectivity index (χ2n) is 5.78. The van der Waals surface area contributed by atoms with Crippen LogP contribution in [0.15, 0.2) is 66.9 Å². The number of pyridine rings is 1. The van der Waals surface area contributed by atoms with Gasteiger partial charge in [-0.3, -0.25) is 9.78 Å². The Balaban J connectivity index is 1.77. The Labute approximate surface area is 167 Å². The minimum absolute atomic E-state index is 0.206. The lowest BCUT2D eigenvalue weighted by atomic mass is 10.1. The molecule has 7 heteroatoms. The van der Waals surface area contributed by atoms with Gasteiger partial charge in [-0.05, 0) is 55.5 Å². The fraction of sp³-hybridized carbons (Fsp3) is 0.0952. The molecular formula is C21H18ClN3O3. The van der Waals surface area contributed by atoms with Crippen LogP contribution in [0.1, 0.15) is 27.8 Å². The van der Waals surface area contributed by atoms with Crippen molar-refractivity contribution in [2.45, 2.75) is 6.92 Å². The number of nitrogens with zero attached hydrogens (tertiary/aromatic N) is 1. The Morgan fingerprint density at radius 2 is 1.79 bits per heavy atom. The predicted molar refractivity (Wildman–Crippen MR) is 109 cm³/mol. The van der Waals surface area contributed by atoms with E-state index in [-0.39, 0.29) is 17.9 Å². The van der Waals surface area contributed by atoms with Gasteiger partial charge in [-0.1, -0.05) is 23.7 Å². The zero-order chi connectivity index (χ0) is 19.9. The van der Waals surface area contributed by atoms with Gasteiger partial charge in [0, 0.05) is 22.6 Å². The van der Waals surface area contributed by atoms with Gasteiger partial charge in [0.05, 0.1) is 17.9 Å². The number of hydrogen-bond acceptors (Lipinski definition) is 5. The molecule has 28 heavy (non-hydrogen) atoms. The molecule has 0 radical (unpaired) electrons. The van der Waals surface area contributed by atoms with Gasteiger partial charge < -0.3 is 15.4 Å². The van der Waals surface area contributed by atoms with Crippen LogP contribution in [-0.2, 0) is 4.74 Å². The van der Waals surface area contributed by atoms with Gasteiger partial charge in [0.2, 0.25) is 0 Å². The molecule has 6 nitrogen and oxygen atoms in total. The van der Waals surface area contributed by atoms with Crippen molar-refractivity contribution in [1.29, 1.82) is 0 Å². The van der Waals surface area contributed by atoms with Crippen molar-refractivity contribution in [2.75, 3.05) is 17.2 Å². The maximum absolute atomic E-state index is 12.6. The molecule has 0 unspecified atom stereocenters. The van der Waals surface area contributed by atoms with E-state index in [0.29, 0.717) is 16.4 Å². The van der Waals surface area contributed by atoms with Crippen LogP contribution >= 0.6 is 11.6 Å². The summed E-state index contributed by atoms with van der Waals surface area (Å²) in [6.45, 7) is 1.98. The van der Waals surface area contributed by atoms with Crippen molar-refractivity contribution >= 4 is 40.5 Å². The normalized spacial score (nSPS) is 10.2. The topological polar surface area (TPSA) is 80.3 Å². The van der Waals surface area contributed by atoms with E-state index in [1.54, 1.807) is 55.5 Å². The van der Waals surface area contributed by atoms with Crippen LogP contribution in [0.5, 0.6) is 0 Å². The fourth-order valence-electron chi connectivity index (χ4n) is 2.50. The molecule has 1 heterocycles. The highest BCUT2D eigenvalue weighted by Gasteiger charge is 2.15. The van der Waals surface area contributed by atoms with Crippen molar-refractivity contribution in [3.63, 3.8) is 0 Å². The molecule has 0 saturated carbocycles. The van der Waals surface area contributed by atoms with E-state index in [1.165, 1.54) is 6.20 Å². The Hall–Kier alpha value is -3.38. The van der Waals surface area contributed by atoms with Crippen LogP contribution in [0.2, 0.25) is 5.02 Å². The first-order valence-corrected chi connectivity index (χ1v) is 9.00. The fourth-order valence-corrected chi connectivity index (χ4v) is 2.62. The van der Waals surface area contributed by atoms with E-state index in [4.69, 9.17) is 16.3 Å². The number of anilines is 3. The molecular weight excluding hydrogens is 378 g/mol. The summed E-state index contributed by atoms with van der Waals surface area (Å²) >= 11 is 5.89. The molecule has 0 aliphatic rings. The number of amides is 1. The maximum atomic E-state index is 12.6. The number of halogens is 1. The number of nitrogens with one attached hydrogen (secondary N) is 2. The molecule has 0 atom stereocenters. The largest absolute Gasteiger partial charge is 0.462 e. The Kier molecular flexibility index (Phi) is 6.24. The molecule has 0 aliphatic heterocycles. The molecule has 1 aromatic heterocycles. The van der Waals surface area contributed by atoms with Crippen molar-refractivity contribution in [1.82, 2.24) is 4.98 Å². The Morgan fingerprint density at radius 3 is 2.54 bits per heavy atom. The zero-order valence-corrected chi connectivity index (χ0v) is 15.9. The predicted octanol–water partition coefficient (Wildman–Crippen LogP) is 4.91. The number of ether oxygens (including phenoxy) is 1. The smallest absolute Gasteiger partial charge is 0.340 e. The summed E-state index contributed by atoms with van der Waals surface area (Å²) < 4.78 is 5.02. The second kappa shape index (κ2) is 9.01. The van der Waals surface area contributed by atoms with Crippen LogP contribution in [0, 0.1) is 0 Å². The summed E-state index contributed by atoms with van der Waals surface area (Å²) in [5.74, 6) is -0.930. The first kappa shape index (κ1) is 19.4. The summed E-state index contributed by atoms with van der Waals surface area (Å²) in [5.41, 5.74) is 2.38. The molecule has 3 aromatic rings. The summed E-state index contributed by atoms with van der Waals surface area (Å²) in [7, 11) is 0. The van der Waals surface area contributed by atoms with Crippen LogP contribution in [0.25, 0.3) is 0 Å². The molecule has 0 spiro atoms. The first-order chi connectivity index (χ1) is 13.6. The third kappa shape index (κ3) is 4.86. The van der Waals surface area contributed by atoms with Crippen molar-refractivity contribution in [3.05, 3.63) is 83.1 Å². The van der Waals surface area contributed by atoms with Gasteiger partial charge in [-0.25, -0.2) is 4.79 Å². The summed E-state index contributed by atoms with van der Waals surface area (Å²) in [5, 5.41) is 6.54. The highest BCUT2D eigenvalue weighted by Crippen LogP contribution is 2.21. The Bertz CT molecular complexity index is 990. The van der Waals surface area contributed by atoms with Crippen LogP contribution in [-0.4, -0.2) is 23.5 Å². The summed E-state index contributed by atoms with van der Waals surface area (Å²) in [6.07, 6.45) is 1.53. The quantitative estimate of drug-likeness (QED) is 0.580. The van der Waals surface area contributed by atoms with E-state index < -0.39 is 11.9 Å². The van der Waals surface area contributed by atoms with Gasteiger partial charge in [-0.15, -0.1) is 0 Å². The zero-order valence-electron chi connectivity index (χ0n) is 15.1. The van der Waals surface area contributed by atoms with Gasteiger partial charge in [0.1, 0.15) is 5.69 Å². The van der Waals surface area contributed by atoms with Crippen LogP contribution in [0.3, 0.4) is 0 Å². The number of benzene rings is 2. The summed E-state index contributed by atoms with van der Waals surface area (Å²) in [6, 6.07) is 17.2. The third-order valence-electron chi connectivity index (χ3n) is 3.80. The molecule has 0 bridgehead atoms. The molecule has 0 saturated heterocycles. The molecule has 2 aromatic carbocycles. The number of para-hydroxylation sites is 1. The number of carbonyl (C=O) groups is 2. The van der Waals surface area contributed by atoms with Crippen molar-refractivity contribution < 1.29 is 14.3 Å². The van der Waals surface area contributed by atoms with Crippen LogP contribution in [0.4, 0.5) is 17.1 Å². The van der Waals surface area contributed by atoms with Crippen molar-refractivity contribution in [3.8, 4) is 0 Å². The highest BCUT2D eigenvalue weighted by atomic mass is 35.5. The number of esters is 1. The Morgan fingerprint density at radius 1 is 1.04 bits per heavy atom. The standard InChI is InChI=1S/C21H18ClN3O3/c1-2-28-21(27)17-5-3-4-6-18(17)25-20(26)19-13-16(11-12-23-19)24-15-9-7-14(22)8-10-15/h3-13H,2H2,1H3,(H,23,24)(H,25,26). The molecule has 3 rings (SSSR count). The van der Waals surface area contributed by atoms with Crippen molar-refractivity contribution in [2.24, 2.45) is 0 Å². The minimum Gasteiger partial charge on any atom is -0.462 e. The SMILES string of the molecule is CCOC(=O)c1ccccc1NC(=O)c1cc(Nc2ccc(Cl)cc2)ccn1. The summed E-state index contributed by atoms with van der Waals surface area (Å²) in [4.78, 5) is 28.8. The van der Waals surface area contributed by atoms with E-state index in [1.807, 2.05) is 12.1 Å². The molecule has 0 aliphatic carbocycles. The maximum Gasteiger partial charge on any atom is 0.340 e. The monoisotopic (exact) mass is 395 g/mol. The van der Waals surface area contributed by atoms with E-state index in [2.05, 4.69) is 15.6 Å².